The fraction of sp³-hybridized carbons (Fsp3) is 0.333. The van der Waals surface area contributed by atoms with E-state index in [-0.39, 0.29) is 11.5 Å². The molecule has 0 saturated heterocycles. The third-order valence-electron chi connectivity index (χ3n) is 3.23. The Balaban J connectivity index is 2.56. The van der Waals surface area contributed by atoms with Crippen LogP contribution in [0.4, 0.5) is 0 Å². The third-order valence-corrected chi connectivity index (χ3v) is 3.46. The van der Waals surface area contributed by atoms with Crippen molar-refractivity contribution in [3.8, 4) is 17.2 Å². The molecule has 3 N–H and O–H groups in total. The number of nitrogens with one attached hydrogen (secondary N) is 2. The summed E-state index contributed by atoms with van der Waals surface area (Å²) in [5.41, 5.74) is 4.02. The quantitative estimate of drug-likeness (QED) is 0.438. The lowest BCUT2D eigenvalue weighted by atomic mass is 10.0. The fourth-order valence-corrected chi connectivity index (χ4v) is 2.44. The number of phenols is 1. The van der Waals surface area contributed by atoms with E-state index in [1.165, 1.54) is 20.5 Å². The summed E-state index contributed by atoms with van der Waals surface area (Å²) in [5, 5.41) is 18.7. The number of methoxy groups -OCH3 is 2. The van der Waals surface area contributed by atoms with Crippen molar-refractivity contribution >= 4 is 34.0 Å². The largest absolute Gasteiger partial charge is 0.504 e. The number of benzene rings is 1. The summed E-state index contributed by atoms with van der Waals surface area (Å²) in [7, 11) is 2.97. The Labute approximate surface area is 139 Å². The van der Waals surface area contributed by atoms with Crippen molar-refractivity contribution in [1.82, 2.24) is 10.7 Å². The van der Waals surface area contributed by atoms with Crippen molar-refractivity contribution in [2.45, 2.75) is 13.8 Å². The van der Waals surface area contributed by atoms with E-state index in [1.807, 2.05) is 6.92 Å². The molecule has 1 aromatic heterocycles. The second-order valence-corrected chi connectivity index (χ2v) is 5.03. The van der Waals surface area contributed by atoms with Gasteiger partial charge in [0.05, 0.1) is 37.1 Å². The first-order chi connectivity index (χ1) is 11.0. The topological polar surface area (TPSA) is 88.3 Å². The van der Waals surface area contributed by atoms with Crippen molar-refractivity contribution in [3.05, 3.63) is 17.9 Å². The van der Waals surface area contributed by atoms with Crippen LogP contribution in [0.1, 0.15) is 19.4 Å². The first-order valence-electron chi connectivity index (χ1n) is 6.97. The molecule has 0 bridgehead atoms. The highest BCUT2D eigenvalue weighted by Crippen LogP contribution is 2.45. The van der Waals surface area contributed by atoms with Gasteiger partial charge >= 0.3 is 0 Å². The van der Waals surface area contributed by atoms with E-state index in [1.54, 1.807) is 13.0 Å². The van der Waals surface area contributed by atoms with Gasteiger partial charge in [-0.2, -0.15) is 5.10 Å². The van der Waals surface area contributed by atoms with Crippen molar-refractivity contribution in [3.63, 3.8) is 0 Å². The van der Waals surface area contributed by atoms with Crippen molar-refractivity contribution in [1.29, 1.82) is 0 Å². The van der Waals surface area contributed by atoms with Gasteiger partial charge in [-0.05, 0) is 32.1 Å². The molecule has 1 aromatic carbocycles. The number of phenolic OH excluding ortho intramolecular Hbond substituents is 1. The minimum atomic E-state index is -0.107. The molecular weight excluding hydrogens is 318 g/mol. The monoisotopic (exact) mass is 337 g/mol. The summed E-state index contributed by atoms with van der Waals surface area (Å²) >= 11 is 5.06. The SMILES string of the molecule is CCNC(=S)N/N=C(\C)c1c(O)c(OC)c2occc2c1OC. The van der Waals surface area contributed by atoms with Gasteiger partial charge < -0.3 is 24.3 Å². The number of hydrogen-bond donors (Lipinski definition) is 3. The molecule has 23 heavy (non-hydrogen) atoms. The molecule has 2 rings (SSSR count). The van der Waals surface area contributed by atoms with Gasteiger partial charge in [-0.25, -0.2) is 0 Å². The van der Waals surface area contributed by atoms with Gasteiger partial charge in [0, 0.05) is 6.54 Å². The fourth-order valence-electron chi connectivity index (χ4n) is 2.25. The average Bonchev–Trinajstić information content (AvgIpc) is 3.00. The zero-order valence-electron chi connectivity index (χ0n) is 13.4. The van der Waals surface area contributed by atoms with E-state index in [2.05, 4.69) is 15.8 Å². The number of hydrazone groups is 1. The van der Waals surface area contributed by atoms with Crippen LogP contribution in [0, 0.1) is 0 Å². The molecule has 7 nitrogen and oxygen atoms in total. The number of thiocarbonyl (C=S) groups is 1. The zero-order chi connectivity index (χ0) is 17.0. The molecule has 0 aliphatic heterocycles. The van der Waals surface area contributed by atoms with Crippen LogP contribution in [0.3, 0.4) is 0 Å². The van der Waals surface area contributed by atoms with Gasteiger partial charge in [-0.15, -0.1) is 0 Å². The molecular formula is C15H19N3O4S. The summed E-state index contributed by atoms with van der Waals surface area (Å²) in [6.07, 6.45) is 1.50. The van der Waals surface area contributed by atoms with E-state index in [0.717, 1.165) is 0 Å². The highest BCUT2D eigenvalue weighted by atomic mass is 32.1. The first-order valence-corrected chi connectivity index (χ1v) is 7.38. The summed E-state index contributed by atoms with van der Waals surface area (Å²) in [6.45, 7) is 4.34. The second-order valence-electron chi connectivity index (χ2n) is 4.62. The first kappa shape index (κ1) is 16.9. The lowest BCUT2D eigenvalue weighted by molar-refractivity contribution is 0.364. The minimum Gasteiger partial charge on any atom is -0.504 e. The summed E-state index contributed by atoms with van der Waals surface area (Å²) in [4.78, 5) is 0. The normalized spacial score (nSPS) is 11.4. The molecule has 1 heterocycles. The van der Waals surface area contributed by atoms with Gasteiger partial charge in [-0.1, -0.05) is 0 Å². The van der Waals surface area contributed by atoms with E-state index in [9.17, 15) is 5.11 Å². The lowest BCUT2D eigenvalue weighted by Crippen LogP contribution is -2.32. The van der Waals surface area contributed by atoms with E-state index < -0.39 is 0 Å². The maximum Gasteiger partial charge on any atom is 0.205 e. The van der Waals surface area contributed by atoms with Gasteiger partial charge in [-0.3, -0.25) is 5.43 Å². The number of furan rings is 1. The van der Waals surface area contributed by atoms with Gasteiger partial charge in [0.15, 0.2) is 16.4 Å². The Bertz CT molecular complexity index is 755. The highest BCUT2D eigenvalue weighted by Gasteiger charge is 2.24. The molecule has 0 spiro atoms. The van der Waals surface area contributed by atoms with E-state index in [0.29, 0.717) is 39.7 Å². The van der Waals surface area contributed by atoms with Crippen LogP contribution < -0.4 is 20.2 Å². The van der Waals surface area contributed by atoms with E-state index in [4.69, 9.17) is 26.1 Å². The number of nitrogens with zero attached hydrogens (tertiary/aromatic N) is 1. The van der Waals surface area contributed by atoms with Crippen LogP contribution in [-0.4, -0.2) is 36.7 Å². The predicted molar refractivity (Wildman–Crippen MR) is 92.6 cm³/mol. The molecule has 0 radical (unpaired) electrons. The maximum atomic E-state index is 10.5. The summed E-state index contributed by atoms with van der Waals surface area (Å²) < 4.78 is 16.1. The van der Waals surface area contributed by atoms with E-state index >= 15 is 0 Å². The summed E-state index contributed by atoms with van der Waals surface area (Å²) in [5.74, 6) is 0.568. The predicted octanol–water partition coefficient (Wildman–Crippen LogP) is 2.36. The van der Waals surface area contributed by atoms with Crippen molar-refractivity contribution in [2.24, 2.45) is 5.10 Å². The highest BCUT2D eigenvalue weighted by molar-refractivity contribution is 7.80. The molecule has 0 aliphatic rings. The van der Waals surface area contributed by atoms with Crippen LogP contribution in [0.25, 0.3) is 11.0 Å². The number of aromatic hydroxyl groups is 1. The number of hydrogen-bond acceptors (Lipinski definition) is 6. The number of fused-ring (bicyclic) bond motifs is 1. The molecule has 0 amide bonds. The van der Waals surface area contributed by atoms with Crippen molar-refractivity contribution in [2.75, 3.05) is 20.8 Å². The zero-order valence-corrected chi connectivity index (χ0v) is 14.2. The third kappa shape index (κ3) is 3.16. The van der Waals surface area contributed by atoms with Crippen LogP contribution in [0.2, 0.25) is 0 Å². The van der Waals surface area contributed by atoms with Crippen molar-refractivity contribution < 1.29 is 19.0 Å². The molecule has 0 fully saturated rings. The van der Waals surface area contributed by atoms with Crippen LogP contribution in [-0.2, 0) is 0 Å². The van der Waals surface area contributed by atoms with Crippen LogP contribution in [0.15, 0.2) is 21.8 Å². The summed E-state index contributed by atoms with van der Waals surface area (Å²) in [6, 6.07) is 1.74. The molecule has 0 unspecified atom stereocenters. The molecule has 0 aliphatic carbocycles. The molecule has 124 valence electrons. The Morgan fingerprint density at radius 3 is 2.65 bits per heavy atom. The minimum absolute atomic E-state index is 0.107. The molecule has 2 aromatic rings. The van der Waals surface area contributed by atoms with Gasteiger partial charge in [0.25, 0.3) is 0 Å². The smallest absolute Gasteiger partial charge is 0.205 e. The average molecular weight is 337 g/mol. The molecule has 0 saturated carbocycles. The Hall–Kier alpha value is -2.48. The molecule has 0 atom stereocenters. The molecule has 8 heteroatoms. The maximum absolute atomic E-state index is 10.5. The Morgan fingerprint density at radius 2 is 2.04 bits per heavy atom. The standard InChI is InChI=1S/C15H19N3O4S/c1-5-16-15(23)18-17-8(2)10-11(19)14(21-4)13-9(6-7-22-13)12(10)20-3/h6-7,19H,5H2,1-4H3,(H2,16,18,23)/b17-8+. The number of rotatable bonds is 5. The van der Waals surface area contributed by atoms with Gasteiger partial charge in [0.2, 0.25) is 5.75 Å². The van der Waals surface area contributed by atoms with Gasteiger partial charge in [0.1, 0.15) is 5.75 Å². The Morgan fingerprint density at radius 1 is 1.35 bits per heavy atom. The lowest BCUT2D eigenvalue weighted by Gasteiger charge is -2.15. The van der Waals surface area contributed by atoms with Crippen LogP contribution >= 0.6 is 12.2 Å². The Kier molecular flexibility index (Phi) is 5.28. The second kappa shape index (κ2) is 7.19. The number of ether oxygens (including phenoxy) is 2. The van der Waals surface area contributed by atoms with Crippen LogP contribution in [0.5, 0.6) is 17.2 Å².